The molecule has 148 valence electrons. The third kappa shape index (κ3) is 3.95. The van der Waals surface area contributed by atoms with Crippen molar-refractivity contribution in [3.8, 4) is 5.75 Å². The Morgan fingerprint density at radius 2 is 1.79 bits per heavy atom. The van der Waals surface area contributed by atoms with Gasteiger partial charge in [-0.05, 0) is 76.6 Å². The first-order chi connectivity index (χ1) is 13.3. The van der Waals surface area contributed by atoms with Crippen LogP contribution in [0, 0.1) is 6.92 Å². The summed E-state index contributed by atoms with van der Waals surface area (Å²) in [5.41, 5.74) is 6.99. The molecule has 3 aromatic rings. The second kappa shape index (κ2) is 7.29. The predicted molar refractivity (Wildman–Crippen MR) is 117 cm³/mol. The molecule has 0 radical (unpaired) electrons. The Bertz CT molecular complexity index is 976. The van der Waals surface area contributed by atoms with Crippen LogP contribution in [-0.2, 0) is 25.9 Å². The lowest BCUT2D eigenvalue weighted by Gasteiger charge is -2.24. The van der Waals surface area contributed by atoms with Crippen LogP contribution < -0.4 is 4.74 Å². The van der Waals surface area contributed by atoms with E-state index in [1.165, 1.54) is 33.3 Å². The fraction of sp³-hybridized carbons (Fsp3) is 0.440. The van der Waals surface area contributed by atoms with Gasteiger partial charge in [0.25, 0.3) is 0 Å². The molecular weight excluding hydrogens is 344 g/mol. The van der Waals surface area contributed by atoms with E-state index in [1.807, 2.05) is 0 Å². The molecule has 0 fully saturated rings. The zero-order valence-corrected chi connectivity index (χ0v) is 17.9. The molecule has 0 atom stereocenters. The first-order valence-electron chi connectivity index (χ1n) is 10.4. The maximum Gasteiger partial charge on any atom is 0.120 e. The highest BCUT2D eigenvalue weighted by atomic mass is 16.5. The van der Waals surface area contributed by atoms with Gasteiger partial charge in [-0.15, -0.1) is 0 Å². The molecular formula is C25H32N2O. The molecule has 0 saturated heterocycles. The second-order valence-electron chi connectivity index (χ2n) is 9.19. The maximum absolute atomic E-state index is 5.95. The van der Waals surface area contributed by atoms with Crippen LogP contribution in [0.4, 0.5) is 0 Å². The third-order valence-corrected chi connectivity index (χ3v) is 5.57. The van der Waals surface area contributed by atoms with Gasteiger partial charge in [0.1, 0.15) is 11.4 Å². The van der Waals surface area contributed by atoms with Gasteiger partial charge in [-0.25, -0.2) is 0 Å². The smallest absolute Gasteiger partial charge is 0.120 e. The van der Waals surface area contributed by atoms with E-state index in [4.69, 9.17) is 4.74 Å². The van der Waals surface area contributed by atoms with Gasteiger partial charge in [-0.3, -0.25) is 0 Å². The molecule has 0 aliphatic carbocycles. The van der Waals surface area contributed by atoms with Crippen molar-refractivity contribution in [1.82, 2.24) is 9.47 Å². The SMILES string of the molecule is Cc1ccc2c(c1)c1c(n2CCc2ccc(OC(C)(C)C)cc2)CCN(C)C1. The van der Waals surface area contributed by atoms with E-state index in [1.54, 1.807) is 0 Å². The van der Waals surface area contributed by atoms with Gasteiger partial charge in [-0.2, -0.15) is 0 Å². The summed E-state index contributed by atoms with van der Waals surface area (Å²) < 4.78 is 8.52. The molecule has 3 heteroatoms. The second-order valence-corrected chi connectivity index (χ2v) is 9.19. The zero-order valence-electron chi connectivity index (χ0n) is 17.9. The minimum Gasteiger partial charge on any atom is -0.488 e. The van der Waals surface area contributed by atoms with Crippen molar-refractivity contribution >= 4 is 10.9 Å². The molecule has 2 aromatic carbocycles. The number of aromatic nitrogens is 1. The van der Waals surface area contributed by atoms with E-state index in [0.717, 1.165) is 38.2 Å². The van der Waals surface area contributed by atoms with Crippen molar-refractivity contribution in [3.63, 3.8) is 0 Å². The van der Waals surface area contributed by atoms with Crippen LogP contribution >= 0.6 is 0 Å². The summed E-state index contributed by atoms with van der Waals surface area (Å²) in [6.07, 6.45) is 2.17. The van der Waals surface area contributed by atoms with Crippen molar-refractivity contribution in [2.45, 2.75) is 59.2 Å². The van der Waals surface area contributed by atoms with Crippen LogP contribution in [0.5, 0.6) is 5.75 Å². The quantitative estimate of drug-likeness (QED) is 0.610. The first-order valence-corrected chi connectivity index (χ1v) is 10.4. The molecule has 4 rings (SSSR count). The monoisotopic (exact) mass is 376 g/mol. The lowest BCUT2D eigenvalue weighted by molar-refractivity contribution is 0.131. The van der Waals surface area contributed by atoms with Crippen LogP contribution in [0.15, 0.2) is 42.5 Å². The molecule has 28 heavy (non-hydrogen) atoms. The largest absolute Gasteiger partial charge is 0.488 e. The van der Waals surface area contributed by atoms with Crippen LogP contribution in [0.3, 0.4) is 0 Å². The van der Waals surface area contributed by atoms with Crippen molar-refractivity contribution in [2.24, 2.45) is 0 Å². The number of fused-ring (bicyclic) bond motifs is 3. The maximum atomic E-state index is 5.95. The normalized spacial score (nSPS) is 15.0. The minimum absolute atomic E-state index is 0.157. The number of likely N-dealkylation sites (N-methyl/N-ethyl adjacent to an activating group) is 1. The Hall–Kier alpha value is -2.26. The molecule has 2 heterocycles. The van der Waals surface area contributed by atoms with Crippen LogP contribution in [-0.4, -0.2) is 28.7 Å². The van der Waals surface area contributed by atoms with Crippen LogP contribution in [0.1, 0.15) is 43.2 Å². The summed E-state index contributed by atoms with van der Waals surface area (Å²) in [6, 6.07) is 15.5. The highest BCUT2D eigenvalue weighted by molar-refractivity contribution is 5.86. The molecule has 0 saturated carbocycles. The highest BCUT2D eigenvalue weighted by Crippen LogP contribution is 2.31. The Morgan fingerprint density at radius 3 is 2.50 bits per heavy atom. The average Bonchev–Trinajstić information content (AvgIpc) is 2.92. The Morgan fingerprint density at radius 1 is 1.04 bits per heavy atom. The number of hydrogen-bond donors (Lipinski definition) is 0. The molecule has 0 unspecified atom stereocenters. The summed E-state index contributed by atoms with van der Waals surface area (Å²) in [6.45, 7) is 11.7. The molecule has 0 N–H and O–H groups in total. The molecule has 1 aliphatic rings. The van der Waals surface area contributed by atoms with Gasteiger partial charge < -0.3 is 14.2 Å². The summed E-state index contributed by atoms with van der Waals surface area (Å²) in [5.74, 6) is 0.943. The van der Waals surface area contributed by atoms with Gasteiger partial charge in [-0.1, -0.05) is 23.8 Å². The van der Waals surface area contributed by atoms with Crippen molar-refractivity contribution in [3.05, 3.63) is 64.8 Å². The number of benzene rings is 2. The van der Waals surface area contributed by atoms with E-state index in [-0.39, 0.29) is 5.60 Å². The van der Waals surface area contributed by atoms with Crippen molar-refractivity contribution in [2.75, 3.05) is 13.6 Å². The van der Waals surface area contributed by atoms with E-state index in [0.29, 0.717) is 0 Å². The summed E-state index contributed by atoms with van der Waals surface area (Å²) >= 11 is 0. The van der Waals surface area contributed by atoms with Gasteiger partial charge >= 0.3 is 0 Å². The first kappa shape index (κ1) is 19.1. The van der Waals surface area contributed by atoms with Crippen LogP contribution in [0.2, 0.25) is 0 Å². The molecule has 0 bridgehead atoms. The topological polar surface area (TPSA) is 17.4 Å². The van der Waals surface area contributed by atoms with Gasteiger partial charge in [0.05, 0.1) is 0 Å². The van der Waals surface area contributed by atoms with Crippen molar-refractivity contribution < 1.29 is 4.74 Å². The molecule has 0 spiro atoms. The number of nitrogens with zero attached hydrogens (tertiary/aromatic N) is 2. The van der Waals surface area contributed by atoms with Gasteiger partial charge in [0, 0.05) is 42.7 Å². The van der Waals surface area contributed by atoms with E-state index in [9.17, 15) is 0 Å². The molecule has 1 aromatic heterocycles. The Balaban J connectivity index is 1.58. The number of rotatable bonds is 4. The van der Waals surface area contributed by atoms with E-state index >= 15 is 0 Å². The van der Waals surface area contributed by atoms with Crippen molar-refractivity contribution in [1.29, 1.82) is 0 Å². The lowest BCUT2D eigenvalue weighted by atomic mass is 10.0. The van der Waals surface area contributed by atoms with E-state index in [2.05, 4.69) is 86.7 Å². The third-order valence-electron chi connectivity index (χ3n) is 5.57. The van der Waals surface area contributed by atoms with Gasteiger partial charge in [0.2, 0.25) is 0 Å². The Labute approximate surface area is 168 Å². The standard InChI is InChI=1S/C25H32N2O/c1-18-6-11-23-21(16-18)22-17-26(5)14-13-24(22)27(23)15-12-19-7-9-20(10-8-19)28-25(2,3)4/h6-11,16H,12-15,17H2,1-5H3. The highest BCUT2D eigenvalue weighted by Gasteiger charge is 2.22. The fourth-order valence-electron chi connectivity index (χ4n) is 4.27. The molecule has 1 aliphatic heterocycles. The molecule has 0 amide bonds. The summed E-state index contributed by atoms with van der Waals surface area (Å²) in [5, 5.41) is 1.44. The summed E-state index contributed by atoms with van der Waals surface area (Å²) in [4.78, 5) is 2.43. The van der Waals surface area contributed by atoms with Crippen LogP contribution in [0.25, 0.3) is 10.9 Å². The fourth-order valence-corrected chi connectivity index (χ4v) is 4.27. The van der Waals surface area contributed by atoms with Gasteiger partial charge in [0.15, 0.2) is 0 Å². The number of hydrogen-bond acceptors (Lipinski definition) is 2. The van der Waals surface area contributed by atoms with E-state index < -0.39 is 0 Å². The number of aryl methyl sites for hydroxylation is 3. The lowest BCUT2D eigenvalue weighted by Crippen LogP contribution is -2.27. The number of ether oxygens (including phenoxy) is 1. The average molecular weight is 377 g/mol. The summed E-state index contributed by atoms with van der Waals surface area (Å²) in [7, 11) is 2.23. The Kier molecular flexibility index (Phi) is 4.96. The molecule has 3 nitrogen and oxygen atoms in total. The predicted octanol–water partition coefficient (Wildman–Crippen LogP) is 5.36. The minimum atomic E-state index is -0.157. The zero-order chi connectivity index (χ0) is 19.9.